The summed E-state index contributed by atoms with van der Waals surface area (Å²) >= 11 is 0. The van der Waals surface area contributed by atoms with Crippen molar-refractivity contribution in [2.45, 2.75) is 25.8 Å². The molecule has 6 heteroatoms. The third-order valence-electron chi connectivity index (χ3n) is 3.25. The zero-order valence-corrected chi connectivity index (χ0v) is 11.7. The second-order valence-electron chi connectivity index (χ2n) is 4.81. The smallest absolute Gasteiger partial charge is 0.264 e. The van der Waals surface area contributed by atoms with Crippen LogP contribution in [0.1, 0.15) is 19.8 Å². The molecule has 0 saturated carbocycles. The van der Waals surface area contributed by atoms with Gasteiger partial charge in [0.15, 0.2) is 6.61 Å². The van der Waals surface area contributed by atoms with Crippen molar-refractivity contribution in [3.63, 3.8) is 0 Å². The summed E-state index contributed by atoms with van der Waals surface area (Å²) in [4.78, 5) is 25.0. The first-order chi connectivity index (χ1) is 9.52. The number of hydrogen-bond donors (Lipinski definition) is 2. The van der Waals surface area contributed by atoms with E-state index in [-0.39, 0.29) is 18.4 Å². The van der Waals surface area contributed by atoms with E-state index in [4.69, 9.17) is 10.5 Å². The van der Waals surface area contributed by atoms with Gasteiger partial charge in [0.2, 0.25) is 5.91 Å². The number of fused-ring (bicyclic) bond motifs is 1. The average Bonchev–Trinajstić information content (AvgIpc) is 2.43. The number of nitrogens with one attached hydrogen (secondary N) is 1. The summed E-state index contributed by atoms with van der Waals surface area (Å²) in [6.45, 7) is 2.01. The molecule has 0 aromatic heterocycles. The fraction of sp³-hybridized carbons (Fsp3) is 0.429. The van der Waals surface area contributed by atoms with E-state index in [1.807, 2.05) is 6.92 Å². The quantitative estimate of drug-likeness (QED) is 0.863. The van der Waals surface area contributed by atoms with Crippen molar-refractivity contribution >= 4 is 23.2 Å². The summed E-state index contributed by atoms with van der Waals surface area (Å²) in [6, 6.07) is 4.66. The molecule has 1 aliphatic rings. The lowest BCUT2D eigenvalue weighted by Crippen LogP contribution is -2.36. The zero-order valence-electron chi connectivity index (χ0n) is 11.7. The van der Waals surface area contributed by atoms with E-state index in [0.717, 1.165) is 6.42 Å². The maximum atomic E-state index is 11.9. The van der Waals surface area contributed by atoms with Gasteiger partial charge in [-0.2, -0.15) is 0 Å². The van der Waals surface area contributed by atoms with Crippen LogP contribution in [-0.4, -0.2) is 31.5 Å². The number of nitrogens with two attached hydrogens (primary N) is 1. The van der Waals surface area contributed by atoms with Crippen LogP contribution < -0.4 is 20.7 Å². The van der Waals surface area contributed by atoms with Gasteiger partial charge in [-0.1, -0.05) is 13.3 Å². The summed E-state index contributed by atoms with van der Waals surface area (Å²) in [5.74, 6) is 0.282. The molecule has 1 aromatic carbocycles. The number of likely N-dealkylation sites (N-methyl/N-ethyl adjacent to an activating group) is 1. The van der Waals surface area contributed by atoms with E-state index < -0.39 is 6.04 Å². The molecule has 6 nitrogen and oxygen atoms in total. The largest absolute Gasteiger partial charge is 0.482 e. The summed E-state index contributed by atoms with van der Waals surface area (Å²) in [6.07, 6.45) is 1.49. The third-order valence-corrected chi connectivity index (χ3v) is 3.25. The Balaban J connectivity index is 2.15. The van der Waals surface area contributed by atoms with Gasteiger partial charge >= 0.3 is 0 Å². The van der Waals surface area contributed by atoms with E-state index in [1.165, 1.54) is 4.90 Å². The Morgan fingerprint density at radius 2 is 2.30 bits per heavy atom. The highest BCUT2D eigenvalue weighted by atomic mass is 16.5. The van der Waals surface area contributed by atoms with Gasteiger partial charge in [0, 0.05) is 12.7 Å². The minimum Gasteiger partial charge on any atom is -0.482 e. The maximum absolute atomic E-state index is 11.9. The van der Waals surface area contributed by atoms with Gasteiger partial charge in [0.25, 0.3) is 5.91 Å². The normalized spacial score (nSPS) is 15.3. The number of carbonyl (C=O) groups is 2. The van der Waals surface area contributed by atoms with Gasteiger partial charge in [-0.15, -0.1) is 0 Å². The van der Waals surface area contributed by atoms with Gasteiger partial charge in [0.1, 0.15) is 5.75 Å². The Kier molecular flexibility index (Phi) is 4.24. The number of carbonyl (C=O) groups excluding carboxylic acids is 2. The predicted molar refractivity (Wildman–Crippen MR) is 76.9 cm³/mol. The highest BCUT2D eigenvalue weighted by Crippen LogP contribution is 2.33. The van der Waals surface area contributed by atoms with Crippen LogP contribution in [0.15, 0.2) is 18.2 Å². The first-order valence-electron chi connectivity index (χ1n) is 6.62. The summed E-state index contributed by atoms with van der Waals surface area (Å²) in [5.41, 5.74) is 7.01. The Bertz CT molecular complexity index is 530. The molecule has 1 aromatic rings. The average molecular weight is 277 g/mol. The number of amides is 2. The molecule has 2 amide bonds. The molecule has 1 atom stereocenters. The highest BCUT2D eigenvalue weighted by molar-refractivity contribution is 5.99. The lowest BCUT2D eigenvalue weighted by atomic mass is 10.1. The zero-order chi connectivity index (χ0) is 14.7. The molecule has 0 saturated heterocycles. The van der Waals surface area contributed by atoms with Crippen molar-refractivity contribution in [1.29, 1.82) is 0 Å². The minimum atomic E-state index is -0.522. The lowest BCUT2D eigenvalue weighted by Gasteiger charge is -2.26. The Hall–Kier alpha value is -2.08. The highest BCUT2D eigenvalue weighted by Gasteiger charge is 2.23. The van der Waals surface area contributed by atoms with E-state index in [2.05, 4.69) is 5.32 Å². The monoisotopic (exact) mass is 277 g/mol. The Morgan fingerprint density at radius 3 is 3.00 bits per heavy atom. The van der Waals surface area contributed by atoms with Crippen LogP contribution in [0.2, 0.25) is 0 Å². The fourth-order valence-corrected chi connectivity index (χ4v) is 2.03. The molecular weight excluding hydrogens is 258 g/mol. The van der Waals surface area contributed by atoms with Crippen LogP contribution in [0, 0.1) is 0 Å². The molecule has 3 N–H and O–H groups in total. The number of nitrogens with zero attached hydrogens (tertiary/aromatic N) is 1. The van der Waals surface area contributed by atoms with Crippen LogP contribution in [-0.2, 0) is 9.59 Å². The number of ether oxygens (including phenoxy) is 1. The second-order valence-corrected chi connectivity index (χ2v) is 4.81. The van der Waals surface area contributed by atoms with E-state index in [0.29, 0.717) is 23.5 Å². The maximum Gasteiger partial charge on any atom is 0.264 e. The molecule has 20 heavy (non-hydrogen) atoms. The topological polar surface area (TPSA) is 84.7 Å². The van der Waals surface area contributed by atoms with Gasteiger partial charge < -0.3 is 20.7 Å². The van der Waals surface area contributed by atoms with Crippen molar-refractivity contribution < 1.29 is 14.3 Å². The molecule has 0 aliphatic carbocycles. The van der Waals surface area contributed by atoms with Gasteiger partial charge in [-0.05, 0) is 24.6 Å². The van der Waals surface area contributed by atoms with Gasteiger partial charge in [-0.3, -0.25) is 9.59 Å². The number of benzene rings is 1. The first kappa shape index (κ1) is 14.3. The van der Waals surface area contributed by atoms with Crippen molar-refractivity contribution in [1.82, 2.24) is 0 Å². The predicted octanol–water partition coefficient (Wildman–Crippen LogP) is 1.11. The Labute approximate surface area is 117 Å². The molecule has 1 aliphatic heterocycles. The summed E-state index contributed by atoms with van der Waals surface area (Å²) in [7, 11) is 1.68. The van der Waals surface area contributed by atoms with Crippen molar-refractivity contribution in [2.24, 2.45) is 5.73 Å². The molecular formula is C14H19N3O3. The van der Waals surface area contributed by atoms with E-state index in [9.17, 15) is 9.59 Å². The molecule has 0 radical (unpaired) electrons. The van der Waals surface area contributed by atoms with Crippen molar-refractivity contribution in [2.75, 3.05) is 23.9 Å². The van der Waals surface area contributed by atoms with Crippen molar-refractivity contribution in [3.8, 4) is 5.75 Å². The minimum absolute atomic E-state index is 0.0383. The molecule has 1 unspecified atom stereocenters. The molecule has 0 spiro atoms. The van der Waals surface area contributed by atoms with Crippen molar-refractivity contribution in [3.05, 3.63) is 18.2 Å². The van der Waals surface area contributed by atoms with Crippen LogP contribution in [0.5, 0.6) is 5.75 Å². The Morgan fingerprint density at radius 1 is 1.55 bits per heavy atom. The standard InChI is InChI=1S/C14H19N3O3/c1-3-4-10(15)14(19)16-9-5-6-12-11(7-9)17(2)13(18)8-20-12/h5-7,10H,3-4,8,15H2,1-2H3,(H,16,19). The number of rotatable bonds is 4. The van der Waals surface area contributed by atoms with Crippen LogP contribution in [0.3, 0.4) is 0 Å². The summed E-state index contributed by atoms with van der Waals surface area (Å²) in [5, 5.41) is 2.75. The fourth-order valence-electron chi connectivity index (χ4n) is 2.03. The van der Waals surface area contributed by atoms with Crippen LogP contribution in [0.4, 0.5) is 11.4 Å². The molecule has 1 heterocycles. The number of anilines is 2. The molecule has 0 fully saturated rings. The van der Waals surface area contributed by atoms with Crippen LogP contribution >= 0.6 is 0 Å². The second kappa shape index (κ2) is 5.92. The number of hydrogen-bond acceptors (Lipinski definition) is 4. The van der Waals surface area contributed by atoms with Crippen LogP contribution in [0.25, 0.3) is 0 Å². The summed E-state index contributed by atoms with van der Waals surface area (Å²) < 4.78 is 5.32. The SMILES string of the molecule is CCCC(N)C(=O)Nc1ccc2c(c1)N(C)C(=O)CO2. The lowest BCUT2D eigenvalue weighted by molar-refractivity contribution is -0.121. The van der Waals surface area contributed by atoms with Gasteiger partial charge in [0.05, 0.1) is 11.7 Å². The van der Waals surface area contributed by atoms with Gasteiger partial charge in [-0.25, -0.2) is 0 Å². The molecule has 108 valence electrons. The van der Waals surface area contributed by atoms with E-state index in [1.54, 1.807) is 25.2 Å². The van der Waals surface area contributed by atoms with E-state index >= 15 is 0 Å². The third kappa shape index (κ3) is 2.91. The molecule has 0 bridgehead atoms. The first-order valence-corrected chi connectivity index (χ1v) is 6.62. The molecule has 2 rings (SSSR count).